The third-order valence-electron chi connectivity index (χ3n) is 2.63. The van der Waals surface area contributed by atoms with Crippen LogP contribution >= 0.6 is 0 Å². The molecule has 0 N–H and O–H groups in total. The summed E-state index contributed by atoms with van der Waals surface area (Å²) in [6.45, 7) is 4.00. The van der Waals surface area contributed by atoms with Crippen LogP contribution in [0.1, 0.15) is 31.1 Å². The van der Waals surface area contributed by atoms with Crippen LogP contribution in [-0.2, 0) is 11.8 Å². The summed E-state index contributed by atoms with van der Waals surface area (Å²) in [6, 6.07) is 2.23. The van der Waals surface area contributed by atoms with Gasteiger partial charge in [-0.2, -0.15) is 13.2 Å². The Kier molecular flexibility index (Phi) is 4.31. The van der Waals surface area contributed by atoms with E-state index in [4.69, 9.17) is 0 Å². The molecule has 1 aromatic heterocycles. The lowest BCUT2D eigenvalue weighted by Crippen LogP contribution is -2.43. The van der Waals surface area contributed by atoms with Gasteiger partial charge in [0.1, 0.15) is 0 Å². The van der Waals surface area contributed by atoms with E-state index in [1.807, 2.05) is 0 Å². The first kappa shape index (κ1) is 16.3. The fraction of sp³-hybridized carbons (Fsp3) is 0.538. The molecule has 20 heavy (non-hydrogen) atoms. The summed E-state index contributed by atoms with van der Waals surface area (Å²) in [4.78, 5) is 22.9. The van der Waals surface area contributed by atoms with Crippen LogP contribution in [0.15, 0.2) is 23.1 Å². The van der Waals surface area contributed by atoms with Gasteiger partial charge >= 0.3 is 12.1 Å². The molecule has 0 saturated heterocycles. The highest BCUT2D eigenvalue weighted by atomic mass is 19.4. The summed E-state index contributed by atoms with van der Waals surface area (Å²) in [6.07, 6.45) is -5.74. The van der Waals surface area contributed by atoms with Crippen LogP contribution in [0.4, 0.5) is 13.2 Å². The Morgan fingerprint density at radius 2 is 1.80 bits per heavy atom. The van der Waals surface area contributed by atoms with Gasteiger partial charge in [-0.1, -0.05) is 20.8 Å². The van der Waals surface area contributed by atoms with Crippen molar-refractivity contribution in [2.24, 2.45) is 12.5 Å². The van der Waals surface area contributed by atoms with Crippen molar-refractivity contribution in [1.29, 1.82) is 0 Å². The summed E-state index contributed by atoms with van der Waals surface area (Å²) >= 11 is 0. The van der Waals surface area contributed by atoms with E-state index in [0.717, 1.165) is 22.9 Å². The Labute approximate surface area is 114 Å². The maximum atomic E-state index is 12.9. The lowest BCUT2D eigenvalue weighted by Gasteiger charge is -2.31. The van der Waals surface area contributed by atoms with Crippen molar-refractivity contribution >= 4 is 5.97 Å². The molecule has 0 bridgehead atoms. The largest absolute Gasteiger partial charge is 0.448 e. The third-order valence-corrected chi connectivity index (χ3v) is 2.63. The Bertz CT molecular complexity index is 541. The van der Waals surface area contributed by atoms with Gasteiger partial charge in [-0.3, -0.25) is 4.79 Å². The van der Waals surface area contributed by atoms with Crippen molar-refractivity contribution in [3.63, 3.8) is 0 Å². The molecule has 7 heteroatoms. The summed E-state index contributed by atoms with van der Waals surface area (Å²) in [5, 5.41) is 0. The molecule has 0 fully saturated rings. The second-order valence-corrected chi connectivity index (χ2v) is 5.56. The molecular weight excluding hydrogens is 275 g/mol. The number of halogens is 3. The molecule has 1 atom stereocenters. The SMILES string of the molecule is Cn1cc(C(=O)O[C@@H](C(C)(C)C)C(F)(F)F)ccc1=O. The molecule has 1 aromatic rings. The number of rotatable bonds is 2. The van der Waals surface area contributed by atoms with E-state index < -0.39 is 23.7 Å². The number of alkyl halides is 3. The Morgan fingerprint density at radius 3 is 2.20 bits per heavy atom. The first-order chi connectivity index (χ1) is 8.93. The molecule has 0 aliphatic carbocycles. The lowest BCUT2D eigenvalue weighted by molar-refractivity contribution is -0.231. The monoisotopic (exact) mass is 291 g/mol. The highest BCUT2D eigenvalue weighted by Crippen LogP contribution is 2.36. The van der Waals surface area contributed by atoms with Crippen molar-refractivity contribution in [3.05, 3.63) is 34.2 Å². The van der Waals surface area contributed by atoms with E-state index in [1.54, 1.807) is 0 Å². The molecule has 112 valence electrons. The molecule has 0 unspecified atom stereocenters. The second kappa shape index (κ2) is 5.30. The average Bonchev–Trinajstić information content (AvgIpc) is 2.26. The van der Waals surface area contributed by atoms with Gasteiger partial charge in [0.15, 0.2) is 0 Å². The van der Waals surface area contributed by atoms with Gasteiger partial charge in [0.05, 0.1) is 5.56 Å². The number of nitrogens with zero attached hydrogens (tertiary/aromatic N) is 1. The van der Waals surface area contributed by atoms with Crippen LogP contribution in [0.3, 0.4) is 0 Å². The molecule has 0 saturated carbocycles. The Balaban J connectivity index is 3.03. The molecule has 1 rings (SSSR count). The zero-order valence-electron chi connectivity index (χ0n) is 11.6. The number of esters is 1. The van der Waals surface area contributed by atoms with E-state index in [2.05, 4.69) is 4.74 Å². The van der Waals surface area contributed by atoms with Gasteiger partial charge in [0, 0.05) is 24.7 Å². The molecule has 0 aromatic carbocycles. The number of ether oxygens (including phenoxy) is 1. The number of hydrogen-bond acceptors (Lipinski definition) is 3. The van der Waals surface area contributed by atoms with Crippen LogP contribution in [-0.4, -0.2) is 22.8 Å². The van der Waals surface area contributed by atoms with Crippen molar-refractivity contribution in [2.45, 2.75) is 33.1 Å². The van der Waals surface area contributed by atoms with E-state index >= 15 is 0 Å². The quantitative estimate of drug-likeness (QED) is 0.787. The maximum absolute atomic E-state index is 12.9. The van der Waals surface area contributed by atoms with Crippen molar-refractivity contribution < 1.29 is 22.7 Å². The lowest BCUT2D eigenvalue weighted by atomic mass is 9.88. The van der Waals surface area contributed by atoms with Crippen LogP contribution in [0.2, 0.25) is 0 Å². The minimum Gasteiger partial charge on any atom is -0.448 e. The predicted octanol–water partition coefficient (Wildman–Crippen LogP) is 2.52. The fourth-order valence-electron chi connectivity index (χ4n) is 1.62. The van der Waals surface area contributed by atoms with Crippen molar-refractivity contribution in [1.82, 2.24) is 4.57 Å². The zero-order chi connectivity index (χ0) is 15.7. The topological polar surface area (TPSA) is 48.3 Å². The van der Waals surface area contributed by atoms with Gasteiger partial charge < -0.3 is 9.30 Å². The fourth-order valence-corrected chi connectivity index (χ4v) is 1.62. The standard InChI is InChI=1S/C13H16F3NO3/c1-12(2,3)11(13(14,15)16)20-10(19)8-5-6-9(18)17(4)7-8/h5-7,11H,1-4H3/t11-/m0/s1. The van der Waals surface area contributed by atoms with Gasteiger partial charge in [0.25, 0.3) is 0 Å². The third kappa shape index (κ3) is 3.85. The molecule has 0 aliphatic rings. The summed E-state index contributed by atoms with van der Waals surface area (Å²) in [5.74, 6) is -1.11. The predicted molar refractivity (Wildman–Crippen MR) is 66.4 cm³/mol. The first-order valence-corrected chi connectivity index (χ1v) is 5.87. The molecule has 0 aliphatic heterocycles. The summed E-state index contributed by atoms with van der Waals surface area (Å²) in [5.41, 5.74) is -1.76. The van der Waals surface area contributed by atoms with E-state index in [0.29, 0.717) is 0 Å². The van der Waals surface area contributed by atoms with Crippen molar-refractivity contribution in [2.75, 3.05) is 0 Å². The van der Waals surface area contributed by atoms with Crippen molar-refractivity contribution in [3.8, 4) is 0 Å². The number of carbonyl (C=O) groups is 1. The van der Waals surface area contributed by atoms with Gasteiger partial charge in [-0.25, -0.2) is 4.79 Å². The zero-order valence-corrected chi connectivity index (χ0v) is 11.6. The molecule has 1 heterocycles. The van der Waals surface area contributed by atoms with Gasteiger partial charge in [0.2, 0.25) is 11.7 Å². The average molecular weight is 291 g/mol. The molecular formula is C13H16F3NO3. The summed E-state index contributed by atoms with van der Waals surface area (Å²) < 4.78 is 44.4. The minimum atomic E-state index is -4.66. The van der Waals surface area contributed by atoms with Crippen LogP contribution in [0, 0.1) is 5.41 Å². The number of aryl methyl sites for hydroxylation is 1. The normalized spacial score (nSPS) is 13.9. The number of pyridine rings is 1. The van der Waals surface area contributed by atoms with Crippen LogP contribution < -0.4 is 5.56 Å². The van der Waals surface area contributed by atoms with E-state index in [1.165, 1.54) is 27.8 Å². The first-order valence-electron chi connectivity index (χ1n) is 5.87. The number of carbonyl (C=O) groups excluding carboxylic acids is 1. The number of hydrogen-bond donors (Lipinski definition) is 0. The maximum Gasteiger partial charge on any atom is 0.426 e. The van der Waals surface area contributed by atoms with E-state index in [-0.39, 0.29) is 11.1 Å². The van der Waals surface area contributed by atoms with Gasteiger partial charge in [-0.15, -0.1) is 0 Å². The molecule has 4 nitrogen and oxygen atoms in total. The second-order valence-electron chi connectivity index (χ2n) is 5.56. The highest BCUT2D eigenvalue weighted by molar-refractivity contribution is 5.89. The Morgan fingerprint density at radius 1 is 1.25 bits per heavy atom. The summed E-state index contributed by atoms with van der Waals surface area (Å²) in [7, 11) is 1.39. The smallest absolute Gasteiger partial charge is 0.426 e. The van der Waals surface area contributed by atoms with Crippen LogP contribution in [0.25, 0.3) is 0 Å². The molecule has 0 radical (unpaired) electrons. The molecule has 0 amide bonds. The van der Waals surface area contributed by atoms with Crippen LogP contribution in [0.5, 0.6) is 0 Å². The minimum absolute atomic E-state index is 0.106. The Hall–Kier alpha value is -1.79. The number of aromatic nitrogens is 1. The van der Waals surface area contributed by atoms with E-state index in [9.17, 15) is 22.8 Å². The molecule has 0 spiro atoms. The van der Waals surface area contributed by atoms with Gasteiger partial charge in [-0.05, 0) is 6.07 Å². The highest BCUT2D eigenvalue weighted by Gasteiger charge is 2.50.